The van der Waals surface area contributed by atoms with Crippen LogP contribution in [-0.2, 0) is 0 Å². The molecule has 0 amide bonds. The van der Waals surface area contributed by atoms with E-state index in [1.54, 1.807) is 7.11 Å². The number of pyridine rings is 1. The van der Waals surface area contributed by atoms with Crippen molar-refractivity contribution in [1.29, 1.82) is 0 Å². The van der Waals surface area contributed by atoms with Gasteiger partial charge in [0.05, 0.1) is 18.5 Å². The summed E-state index contributed by atoms with van der Waals surface area (Å²) < 4.78 is 7.37. The standard InChI is InChI=1S/C15H15N3O/c1-10-7-8-12(16)15-17-13(9-18(10)15)11-5-3-4-6-14(11)19-2/h3-9H,16H2,1-2H3. The van der Waals surface area contributed by atoms with E-state index in [0.29, 0.717) is 5.69 Å². The van der Waals surface area contributed by atoms with Crippen LogP contribution in [0.5, 0.6) is 5.75 Å². The predicted molar refractivity (Wildman–Crippen MR) is 76.3 cm³/mol. The lowest BCUT2D eigenvalue weighted by atomic mass is 10.1. The Bertz CT molecular complexity index is 707. The Morgan fingerprint density at radius 2 is 1.95 bits per heavy atom. The van der Waals surface area contributed by atoms with Gasteiger partial charge in [0.2, 0.25) is 0 Å². The second-order valence-electron chi connectivity index (χ2n) is 4.45. The van der Waals surface area contributed by atoms with Crippen molar-refractivity contribution in [3.05, 3.63) is 48.3 Å². The minimum Gasteiger partial charge on any atom is -0.496 e. The number of methoxy groups -OCH3 is 1. The van der Waals surface area contributed by atoms with Crippen molar-refractivity contribution in [2.45, 2.75) is 6.92 Å². The molecule has 3 rings (SSSR count). The highest BCUT2D eigenvalue weighted by Crippen LogP contribution is 2.30. The molecule has 96 valence electrons. The average Bonchev–Trinajstić information content (AvgIpc) is 2.89. The summed E-state index contributed by atoms with van der Waals surface area (Å²) >= 11 is 0. The minimum absolute atomic E-state index is 0.673. The SMILES string of the molecule is COc1ccccc1-c1cn2c(C)ccc(N)c2n1. The Balaban J connectivity index is 2.27. The van der Waals surface area contributed by atoms with Gasteiger partial charge in [-0.15, -0.1) is 0 Å². The van der Waals surface area contributed by atoms with E-state index in [9.17, 15) is 0 Å². The smallest absolute Gasteiger partial charge is 0.160 e. The number of para-hydroxylation sites is 1. The maximum atomic E-state index is 5.97. The van der Waals surface area contributed by atoms with Crippen molar-refractivity contribution >= 4 is 11.3 Å². The molecule has 0 saturated heterocycles. The Kier molecular flexibility index (Phi) is 2.63. The monoisotopic (exact) mass is 253 g/mol. The zero-order chi connectivity index (χ0) is 13.4. The van der Waals surface area contributed by atoms with Crippen LogP contribution in [-0.4, -0.2) is 16.5 Å². The number of rotatable bonds is 2. The van der Waals surface area contributed by atoms with E-state index in [4.69, 9.17) is 10.5 Å². The highest BCUT2D eigenvalue weighted by Gasteiger charge is 2.11. The molecule has 0 aliphatic rings. The number of nitrogen functional groups attached to an aromatic ring is 1. The first kappa shape index (κ1) is 11.6. The summed E-state index contributed by atoms with van der Waals surface area (Å²) in [7, 11) is 1.66. The number of aryl methyl sites for hydroxylation is 1. The van der Waals surface area contributed by atoms with Crippen molar-refractivity contribution in [2.75, 3.05) is 12.8 Å². The van der Waals surface area contributed by atoms with Gasteiger partial charge < -0.3 is 14.9 Å². The van der Waals surface area contributed by atoms with Crippen LogP contribution in [0.1, 0.15) is 5.69 Å². The van der Waals surface area contributed by atoms with Gasteiger partial charge in [-0.2, -0.15) is 0 Å². The number of anilines is 1. The zero-order valence-electron chi connectivity index (χ0n) is 10.9. The van der Waals surface area contributed by atoms with Gasteiger partial charge in [0.1, 0.15) is 5.75 Å². The van der Waals surface area contributed by atoms with Gasteiger partial charge >= 0.3 is 0 Å². The molecule has 4 heteroatoms. The number of benzene rings is 1. The summed E-state index contributed by atoms with van der Waals surface area (Å²) in [4.78, 5) is 4.61. The zero-order valence-corrected chi connectivity index (χ0v) is 10.9. The van der Waals surface area contributed by atoms with E-state index < -0.39 is 0 Å². The summed E-state index contributed by atoms with van der Waals surface area (Å²) in [6, 6.07) is 11.7. The number of hydrogen-bond donors (Lipinski definition) is 1. The van der Waals surface area contributed by atoms with Crippen LogP contribution in [0.4, 0.5) is 5.69 Å². The topological polar surface area (TPSA) is 52.5 Å². The molecule has 0 aliphatic heterocycles. The third-order valence-electron chi connectivity index (χ3n) is 3.23. The van der Waals surface area contributed by atoms with E-state index >= 15 is 0 Å². The van der Waals surface area contributed by atoms with Gasteiger partial charge in [-0.3, -0.25) is 0 Å². The van der Waals surface area contributed by atoms with Gasteiger partial charge in [-0.1, -0.05) is 12.1 Å². The van der Waals surface area contributed by atoms with Crippen LogP contribution in [0.25, 0.3) is 16.9 Å². The molecule has 0 radical (unpaired) electrons. The van der Waals surface area contributed by atoms with Crippen molar-refractivity contribution in [1.82, 2.24) is 9.38 Å². The molecular formula is C15H15N3O. The van der Waals surface area contributed by atoms with Crippen molar-refractivity contribution in [3.63, 3.8) is 0 Å². The fraction of sp³-hybridized carbons (Fsp3) is 0.133. The lowest BCUT2D eigenvalue weighted by molar-refractivity contribution is 0.416. The van der Waals surface area contributed by atoms with Crippen LogP contribution < -0.4 is 10.5 Å². The number of imidazole rings is 1. The normalized spacial score (nSPS) is 10.8. The van der Waals surface area contributed by atoms with E-state index in [1.165, 1.54) is 0 Å². The Morgan fingerprint density at radius 1 is 1.16 bits per heavy atom. The third-order valence-corrected chi connectivity index (χ3v) is 3.23. The molecule has 0 unspecified atom stereocenters. The predicted octanol–water partition coefficient (Wildman–Crippen LogP) is 2.90. The Morgan fingerprint density at radius 3 is 2.68 bits per heavy atom. The molecule has 3 aromatic rings. The van der Waals surface area contributed by atoms with E-state index in [-0.39, 0.29) is 0 Å². The molecule has 2 aromatic heterocycles. The third kappa shape index (κ3) is 1.81. The lowest BCUT2D eigenvalue weighted by Crippen LogP contribution is -1.94. The van der Waals surface area contributed by atoms with Gasteiger partial charge in [-0.05, 0) is 31.2 Å². The van der Waals surface area contributed by atoms with Gasteiger partial charge in [0.25, 0.3) is 0 Å². The summed E-state index contributed by atoms with van der Waals surface area (Å²) in [6.45, 7) is 2.03. The summed E-state index contributed by atoms with van der Waals surface area (Å²) in [5.74, 6) is 0.808. The lowest BCUT2D eigenvalue weighted by Gasteiger charge is -2.04. The molecule has 1 aromatic carbocycles. The summed E-state index contributed by atoms with van der Waals surface area (Å²) in [5, 5.41) is 0. The molecule has 2 heterocycles. The molecule has 0 aliphatic carbocycles. The largest absolute Gasteiger partial charge is 0.496 e. The second kappa shape index (κ2) is 4.31. The van der Waals surface area contributed by atoms with Crippen LogP contribution in [0, 0.1) is 6.92 Å². The molecular weight excluding hydrogens is 238 g/mol. The maximum absolute atomic E-state index is 5.97. The minimum atomic E-state index is 0.673. The van der Waals surface area contributed by atoms with Crippen molar-refractivity contribution in [3.8, 4) is 17.0 Å². The molecule has 0 fully saturated rings. The molecule has 4 nitrogen and oxygen atoms in total. The number of hydrogen-bond acceptors (Lipinski definition) is 3. The van der Waals surface area contributed by atoms with Crippen molar-refractivity contribution in [2.24, 2.45) is 0 Å². The van der Waals surface area contributed by atoms with Crippen LogP contribution in [0.3, 0.4) is 0 Å². The fourth-order valence-electron chi connectivity index (χ4n) is 2.20. The number of ether oxygens (including phenoxy) is 1. The summed E-state index contributed by atoms with van der Waals surface area (Å²) in [5.41, 5.74) is 10.3. The van der Waals surface area contributed by atoms with E-state index in [2.05, 4.69) is 4.98 Å². The van der Waals surface area contributed by atoms with E-state index in [0.717, 1.165) is 28.3 Å². The molecule has 0 saturated carbocycles. The highest BCUT2D eigenvalue weighted by atomic mass is 16.5. The first-order valence-electron chi connectivity index (χ1n) is 6.08. The van der Waals surface area contributed by atoms with Crippen LogP contribution >= 0.6 is 0 Å². The van der Waals surface area contributed by atoms with Crippen LogP contribution in [0.15, 0.2) is 42.6 Å². The van der Waals surface area contributed by atoms with E-state index in [1.807, 2.05) is 53.9 Å². The maximum Gasteiger partial charge on any atom is 0.160 e. The second-order valence-corrected chi connectivity index (χ2v) is 4.45. The molecule has 2 N–H and O–H groups in total. The average molecular weight is 253 g/mol. The summed E-state index contributed by atoms with van der Waals surface area (Å²) in [6.07, 6.45) is 1.98. The van der Waals surface area contributed by atoms with Crippen molar-refractivity contribution < 1.29 is 4.74 Å². The first-order valence-corrected chi connectivity index (χ1v) is 6.08. The first-order chi connectivity index (χ1) is 9.20. The molecule has 0 bridgehead atoms. The van der Waals surface area contributed by atoms with Gasteiger partial charge in [0.15, 0.2) is 5.65 Å². The fourth-order valence-corrected chi connectivity index (χ4v) is 2.20. The van der Waals surface area contributed by atoms with Crippen LogP contribution in [0.2, 0.25) is 0 Å². The molecule has 19 heavy (non-hydrogen) atoms. The van der Waals surface area contributed by atoms with Gasteiger partial charge in [0, 0.05) is 17.5 Å². The quantitative estimate of drug-likeness (QED) is 0.764. The number of aromatic nitrogens is 2. The Hall–Kier alpha value is -2.49. The molecule has 0 spiro atoms. The number of nitrogens with two attached hydrogens (primary N) is 1. The number of fused-ring (bicyclic) bond motifs is 1. The van der Waals surface area contributed by atoms with Gasteiger partial charge in [-0.25, -0.2) is 4.98 Å². The molecule has 0 atom stereocenters. The Labute approximate surface area is 111 Å². The number of nitrogens with zero attached hydrogens (tertiary/aromatic N) is 2. The highest BCUT2D eigenvalue weighted by molar-refractivity contribution is 5.74.